The number of anilines is 2. The van der Waals surface area contributed by atoms with Gasteiger partial charge in [-0.05, 0) is 18.4 Å². The molecule has 0 aliphatic rings. The smallest absolute Gasteiger partial charge is 0.134 e. The van der Waals surface area contributed by atoms with Gasteiger partial charge in [-0.15, -0.1) is 0 Å². The zero-order valence-corrected chi connectivity index (χ0v) is 11.3. The molecule has 1 aromatic heterocycles. The predicted molar refractivity (Wildman–Crippen MR) is 79.1 cm³/mol. The van der Waals surface area contributed by atoms with Crippen LogP contribution in [0.2, 0.25) is 0 Å². The Hall–Kier alpha value is -2.10. The molecule has 0 aliphatic heterocycles. The Labute approximate surface area is 114 Å². The number of aromatic nitrogens is 2. The molecule has 0 unspecified atom stereocenters. The molecule has 4 nitrogen and oxygen atoms in total. The number of benzene rings is 1. The highest BCUT2D eigenvalue weighted by Gasteiger charge is 2.07. The number of hydrogen-bond donors (Lipinski definition) is 2. The van der Waals surface area contributed by atoms with E-state index in [0.29, 0.717) is 5.82 Å². The lowest BCUT2D eigenvalue weighted by Gasteiger charge is -2.11. The standard InChI is InChI=1S/C15H20N4/c1-2-6-13-14(16)18-11-19-15(13)17-10-9-12-7-4-3-5-8-12/h3-5,7-8,11H,2,6,9-10H2,1H3,(H3,16,17,18,19). The van der Waals surface area contributed by atoms with Crippen molar-refractivity contribution in [2.75, 3.05) is 17.6 Å². The lowest BCUT2D eigenvalue weighted by molar-refractivity contribution is 0.897. The van der Waals surface area contributed by atoms with E-state index < -0.39 is 0 Å². The molecule has 1 heterocycles. The van der Waals surface area contributed by atoms with Gasteiger partial charge in [0.05, 0.1) is 0 Å². The quantitative estimate of drug-likeness (QED) is 0.834. The summed E-state index contributed by atoms with van der Waals surface area (Å²) in [5, 5.41) is 3.36. The Balaban J connectivity index is 1.97. The number of rotatable bonds is 6. The van der Waals surface area contributed by atoms with Gasteiger partial charge in [0.1, 0.15) is 18.0 Å². The molecule has 0 amide bonds. The van der Waals surface area contributed by atoms with Crippen LogP contribution in [0.4, 0.5) is 11.6 Å². The van der Waals surface area contributed by atoms with Crippen LogP contribution in [0, 0.1) is 0 Å². The van der Waals surface area contributed by atoms with Crippen molar-refractivity contribution in [1.82, 2.24) is 9.97 Å². The lowest BCUT2D eigenvalue weighted by Crippen LogP contribution is -2.11. The summed E-state index contributed by atoms with van der Waals surface area (Å²) >= 11 is 0. The molecule has 0 atom stereocenters. The maximum atomic E-state index is 5.90. The van der Waals surface area contributed by atoms with Gasteiger partial charge in [0, 0.05) is 12.1 Å². The summed E-state index contributed by atoms with van der Waals surface area (Å²) in [5.41, 5.74) is 8.24. The monoisotopic (exact) mass is 256 g/mol. The van der Waals surface area contributed by atoms with Crippen molar-refractivity contribution in [3.63, 3.8) is 0 Å². The molecule has 2 aromatic rings. The van der Waals surface area contributed by atoms with Gasteiger partial charge in [-0.25, -0.2) is 9.97 Å². The number of hydrogen-bond acceptors (Lipinski definition) is 4. The van der Waals surface area contributed by atoms with Crippen molar-refractivity contribution >= 4 is 11.6 Å². The van der Waals surface area contributed by atoms with Crippen molar-refractivity contribution in [2.24, 2.45) is 0 Å². The normalized spacial score (nSPS) is 10.4. The second-order valence-electron chi connectivity index (χ2n) is 4.50. The SMILES string of the molecule is CCCc1c(N)ncnc1NCCc1ccccc1. The summed E-state index contributed by atoms with van der Waals surface area (Å²) in [6.07, 6.45) is 4.42. The summed E-state index contributed by atoms with van der Waals surface area (Å²) in [6.45, 7) is 2.97. The van der Waals surface area contributed by atoms with Crippen LogP contribution in [0.15, 0.2) is 36.7 Å². The van der Waals surface area contributed by atoms with Gasteiger partial charge in [0.15, 0.2) is 0 Å². The van der Waals surface area contributed by atoms with Crippen LogP contribution in [0.5, 0.6) is 0 Å². The molecule has 0 aliphatic carbocycles. The van der Waals surface area contributed by atoms with E-state index in [1.807, 2.05) is 6.07 Å². The highest BCUT2D eigenvalue weighted by Crippen LogP contribution is 2.18. The third-order valence-electron chi connectivity index (χ3n) is 3.03. The van der Waals surface area contributed by atoms with Gasteiger partial charge < -0.3 is 11.1 Å². The summed E-state index contributed by atoms with van der Waals surface area (Å²) < 4.78 is 0. The Morgan fingerprint density at radius 1 is 1.11 bits per heavy atom. The van der Waals surface area contributed by atoms with Crippen LogP contribution in [0.25, 0.3) is 0 Å². The summed E-state index contributed by atoms with van der Waals surface area (Å²) in [7, 11) is 0. The Morgan fingerprint density at radius 2 is 1.89 bits per heavy atom. The van der Waals surface area contributed by atoms with Crippen LogP contribution in [0.3, 0.4) is 0 Å². The first-order valence-corrected chi connectivity index (χ1v) is 6.68. The van der Waals surface area contributed by atoms with Crippen LogP contribution >= 0.6 is 0 Å². The van der Waals surface area contributed by atoms with Crippen molar-refractivity contribution in [3.8, 4) is 0 Å². The maximum absolute atomic E-state index is 5.90. The fourth-order valence-corrected chi connectivity index (χ4v) is 2.04. The number of nitrogens with zero attached hydrogens (tertiary/aromatic N) is 2. The van der Waals surface area contributed by atoms with Gasteiger partial charge in [-0.3, -0.25) is 0 Å². The molecule has 2 rings (SSSR count). The van der Waals surface area contributed by atoms with Crippen molar-refractivity contribution in [1.29, 1.82) is 0 Å². The van der Waals surface area contributed by atoms with Crippen molar-refractivity contribution in [3.05, 3.63) is 47.8 Å². The summed E-state index contributed by atoms with van der Waals surface area (Å²) in [6, 6.07) is 10.4. The van der Waals surface area contributed by atoms with Crippen molar-refractivity contribution in [2.45, 2.75) is 26.2 Å². The highest BCUT2D eigenvalue weighted by atomic mass is 15.0. The van der Waals surface area contributed by atoms with E-state index in [1.165, 1.54) is 11.9 Å². The summed E-state index contributed by atoms with van der Waals surface area (Å²) in [5.74, 6) is 1.45. The van der Waals surface area contributed by atoms with E-state index in [-0.39, 0.29) is 0 Å². The topological polar surface area (TPSA) is 63.8 Å². The third kappa shape index (κ3) is 3.68. The van der Waals surface area contributed by atoms with Gasteiger partial charge in [-0.2, -0.15) is 0 Å². The first kappa shape index (κ1) is 13.3. The zero-order valence-electron chi connectivity index (χ0n) is 11.3. The molecule has 0 saturated carbocycles. The lowest BCUT2D eigenvalue weighted by atomic mass is 10.1. The Morgan fingerprint density at radius 3 is 2.63 bits per heavy atom. The Bertz CT molecular complexity index is 511. The Kier molecular flexibility index (Phi) is 4.72. The number of nitrogens with two attached hydrogens (primary N) is 1. The van der Waals surface area contributed by atoms with Gasteiger partial charge in [0.2, 0.25) is 0 Å². The van der Waals surface area contributed by atoms with Crippen LogP contribution < -0.4 is 11.1 Å². The van der Waals surface area contributed by atoms with Crippen LogP contribution in [0.1, 0.15) is 24.5 Å². The van der Waals surface area contributed by atoms with E-state index in [0.717, 1.165) is 37.2 Å². The molecular weight excluding hydrogens is 236 g/mol. The molecule has 19 heavy (non-hydrogen) atoms. The van der Waals surface area contributed by atoms with E-state index in [4.69, 9.17) is 5.73 Å². The highest BCUT2D eigenvalue weighted by molar-refractivity contribution is 5.55. The van der Waals surface area contributed by atoms with E-state index in [9.17, 15) is 0 Å². The maximum Gasteiger partial charge on any atom is 0.134 e. The molecule has 100 valence electrons. The molecule has 0 spiro atoms. The second-order valence-corrected chi connectivity index (χ2v) is 4.50. The van der Waals surface area contributed by atoms with Gasteiger partial charge in [-0.1, -0.05) is 43.7 Å². The molecule has 0 saturated heterocycles. The number of nitrogens with one attached hydrogen (secondary N) is 1. The van der Waals surface area contributed by atoms with E-state index in [1.54, 1.807) is 0 Å². The largest absolute Gasteiger partial charge is 0.383 e. The average Bonchev–Trinajstić information content (AvgIpc) is 2.44. The second kappa shape index (κ2) is 6.73. The minimum Gasteiger partial charge on any atom is -0.383 e. The minimum atomic E-state index is 0.582. The third-order valence-corrected chi connectivity index (χ3v) is 3.03. The first-order chi connectivity index (χ1) is 9.31. The molecular formula is C15H20N4. The summed E-state index contributed by atoms with van der Waals surface area (Å²) in [4.78, 5) is 8.34. The predicted octanol–water partition coefficient (Wildman–Crippen LogP) is 2.67. The molecule has 0 radical (unpaired) electrons. The van der Waals surface area contributed by atoms with Crippen LogP contribution in [-0.4, -0.2) is 16.5 Å². The molecule has 0 fully saturated rings. The molecule has 3 N–H and O–H groups in total. The van der Waals surface area contributed by atoms with E-state index >= 15 is 0 Å². The van der Waals surface area contributed by atoms with Gasteiger partial charge in [0.25, 0.3) is 0 Å². The first-order valence-electron chi connectivity index (χ1n) is 6.68. The number of nitrogen functional groups attached to an aromatic ring is 1. The molecule has 0 bridgehead atoms. The minimum absolute atomic E-state index is 0.582. The molecule has 4 heteroatoms. The van der Waals surface area contributed by atoms with E-state index in [2.05, 4.69) is 46.5 Å². The average molecular weight is 256 g/mol. The fraction of sp³-hybridized carbons (Fsp3) is 0.333. The van der Waals surface area contributed by atoms with Crippen molar-refractivity contribution < 1.29 is 0 Å². The molecule has 1 aromatic carbocycles. The van der Waals surface area contributed by atoms with Crippen LogP contribution in [-0.2, 0) is 12.8 Å². The van der Waals surface area contributed by atoms with Gasteiger partial charge >= 0.3 is 0 Å². The zero-order chi connectivity index (χ0) is 13.5. The fourth-order valence-electron chi connectivity index (χ4n) is 2.04.